The van der Waals surface area contributed by atoms with Crippen LogP contribution in [0.1, 0.15) is 40.7 Å². The molecule has 1 aliphatic heterocycles. The third-order valence-corrected chi connectivity index (χ3v) is 4.25. The highest BCUT2D eigenvalue weighted by Crippen LogP contribution is 2.17. The van der Waals surface area contributed by atoms with Crippen LogP contribution in [0.5, 0.6) is 0 Å². The van der Waals surface area contributed by atoms with Crippen molar-refractivity contribution in [3.63, 3.8) is 0 Å². The van der Waals surface area contributed by atoms with E-state index in [1.54, 1.807) is 23.1 Å². The summed E-state index contributed by atoms with van der Waals surface area (Å²) < 4.78 is 12.9. The molecule has 1 aromatic heterocycles. The Morgan fingerprint density at radius 3 is 2.60 bits per heavy atom. The Kier molecular flexibility index (Phi) is 5.07. The molecule has 1 unspecified atom stereocenters. The minimum atomic E-state index is -0.437. The highest BCUT2D eigenvalue weighted by atomic mass is 19.1. The van der Waals surface area contributed by atoms with E-state index >= 15 is 0 Å². The van der Waals surface area contributed by atoms with Gasteiger partial charge in [-0.1, -0.05) is 13.0 Å². The quantitative estimate of drug-likeness (QED) is 0.931. The van der Waals surface area contributed by atoms with Crippen molar-refractivity contribution in [2.75, 3.05) is 18.4 Å². The van der Waals surface area contributed by atoms with Crippen LogP contribution in [0.15, 0.2) is 42.5 Å². The second-order valence-electron chi connectivity index (χ2n) is 6.37. The lowest BCUT2D eigenvalue weighted by Gasteiger charge is -2.30. The van der Waals surface area contributed by atoms with Crippen molar-refractivity contribution in [2.45, 2.75) is 19.8 Å². The molecule has 5 nitrogen and oxygen atoms in total. The molecule has 0 radical (unpaired) electrons. The zero-order chi connectivity index (χ0) is 17.8. The summed E-state index contributed by atoms with van der Waals surface area (Å²) in [5.74, 6) is -0.488. The van der Waals surface area contributed by atoms with E-state index in [-0.39, 0.29) is 23.1 Å². The number of carbonyl (C=O) groups excluding carboxylic acids is 2. The number of halogens is 1. The summed E-state index contributed by atoms with van der Waals surface area (Å²) >= 11 is 0. The Bertz CT molecular complexity index is 776. The second-order valence-corrected chi connectivity index (χ2v) is 6.37. The first-order valence-corrected chi connectivity index (χ1v) is 8.36. The predicted molar refractivity (Wildman–Crippen MR) is 92.9 cm³/mol. The monoisotopic (exact) mass is 341 g/mol. The van der Waals surface area contributed by atoms with Crippen LogP contribution in [0.4, 0.5) is 10.1 Å². The standard InChI is InChI=1S/C19H20FN3O2/c1-13-4-3-11-23(12-13)19(25)17-6-2-5-16(22-17)18(24)21-15-9-7-14(20)8-10-15/h2,5-10,13H,3-4,11-12H2,1H3,(H,21,24). The number of hydrogen-bond donors (Lipinski definition) is 1. The van der Waals surface area contributed by atoms with Crippen molar-refractivity contribution in [2.24, 2.45) is 5.92 Å². The summed E-state index contributed by atoms with van der Waals surface area (Å²) in [5.41, 5.74) is 0.885. The van der Waals surface area contributed by atoms with Gasteiger partial charge in [0.25, 0.3) is 11.8 Å². The fourth-order valence-corrected chi connectivity index (χ4v) is 2.94. The van der Waals surface area contributed by atoms with Crippen LogP contribution in [0.2, 0.25) is 0 Å². The fourth-order valence-electron chi connectivity index (χ4n) is 2.94. The van der Waals surface area contributed by atoms with Crippen molar-refractivity contribution >= 4 is 17.5 Å². The van der Waals surface area contributed by atoms with E-state index in [1.165, 1.54) is 24.3 Å². The molecule has 1 aromatic carbocycles. The smallest absolute Gasteiger partial charge is 0.274 e. The minimum Gasteiger partial charge on any atom is -0.337 e. The van der Waals surface area contributed by atoms with Gasteiger partial charge in [0.05, 0.1) is 0 Å². The van der Waals surface area contributed by atoms with E-state index in [0.29, 0.717) is 18.2 Å². The molecule has 0 spiro atoms. The number of likely N-dealkylation sites (tertiary alicyclic amines) is 1. The lowest BCUT2D eigenvalue weighted by atomic mass is 10.00. The van der Waals surface area contributed by atoms with Crippen LogP contribution >= 0.6 is 0 Å². The van der Waals surface area contributed by atoms with Gasteiger partial charge in [0.2, 0.25) is 0 Å². The van der Waals surface area contributed by atoms with E-state index in [1.807, 2.05) is 0 Å². The highest BCUT2D eigenvalue weighted by molar-refractivity contribution is 6.03. The maximum absolute atomic E-state index is 12.9. The SMILES string of the molecule is CC1CCCN(C(=O)c2cccc(C(=O)Nc3ccc(F)cc3)n2)C1. The van der Waals surface area contributed by atoms with E-state index < -0.39 is 5.91 Å². The fraction of sp³-hybridized carbons (Fsp3) is 0.316. The Hall–Kier alpha value is -2.76. The van der Waals surface area contributed by atoms with Crippen molar-refractivity contribution in [3.05, 3.63) is 59.7 Å². The highest BCUT2D eigenvalue weighted by Gasteiger charge is 2.23. The molecule has 1 N–H and O–H groups in total. The number of nitrogens with zero attached hydrogens (tertiary/aromatic N) is 2. The molecule has 25 heavy (non-hydrogen) atoms. The summed E-state index contributed by atoms with van der Waals surface area (Å²) in [6.45, 7) is 3.56. The van der Waals surface area contributed by atoms with E-state index in [0.717, 1.165) is 19.4 Å². The second kappa shape index (κ2) is 7.42. The van der Waals surface area contributed by atoms with Crippen molar-refractivity contribution in [1.82, 2.24) is 9.88 Å². The molecule has 1 atom stereocenters. The Balaban J connectivity index is 1.73. The van der Waals surface area contributed by atoms with Gasteiger partial charge in [0.15, 0.2) is 0 Å². The number of benzene rings is 1. The molecule has 0 aliphatic carbocycles. The minimum absolute atomic E-state index is 0.150. The number of hydrogen-bond acceptors (Lipinski definition) is 3. The lowest BCUT2D eigenvalue weighted by molar-refractivity contribution is 0.0677. The van der Waals surface area contributed by atoms with Gasteiger partial charge in [-0.05, 0) is 55.2 Å². The molecule has 0 bridgehead atoms. The number of piperidine rings is 1. The first-order valence-electron chi connectivity index (χ1n) is 8.36. The maximum Gasteiger partial charge on any atom is 0.274 e. The first-order chi connectivity index (χ1) is 12.0. The molecule has 1 saturated heterocycles. The summed E-state index contributed by atoms with van der Waals surface area (Å²) in [6, 6.07) is 10.3. The number of aromatic nitrogens is 1. The molecule has 2 amide bonds. The number of amides is 2. The molecular formula is C19H20FN3O2. The van der Waals surface area contributed by atoms with E-state index in [2.05, 4.69) is 17.2 Å². The third kappa shape index (κ3) is 4.21. The average Bonchev–Trinajstić information content (AvgIpc) is 2.63. The number of rotatable bonds is 3. The van der Waals surface area contributed by atoms with Crippen LogP contribution in [0.25, 0.3) is 0 Å². The van der Waals surface area contributed by atoms with Gasteiger partial charge in [-0.3, -0.25) is 9.59 Å². The largest absolute Gasteiger partial charge is 0.337 e. The van der Waals surface area contributed by atoms with Crippen molar-refractivity contribution < 1.29 is 14.0 Å². The Labute approximate surface area is 145 Å². The van der Waals surface area contributed by atoms with Crippen molar-refractivity contribution in [3.8, 4) is 0 Å². The molecule has 6 heteroatoms. The number of anilines is 1. The number of nitrogens with one attached hydrogen (secondary N) is 1. The van der Waals surface area contributed by atoms with Crippen LogP contribution in [-0.4, -0.2) is 34.8 Å². The molecule has 1 aliphatic rings. The lowest BCUT2D eigenvalue weighted by Crippen LogP contribution is -2.39. The van der Waals surface area contributed by atoms with Gasteiger partial charge in [0, 0.05) is 18.8 Å². The molecule has 3 rings (SSSR count). The van der Waals surface area contributed by atoms with Gasteiger partial charge in [-0.15, -0.1) is 0 Å². The zero-order valence-electron chi connectivity index (χ0n) is 14.0. The van der Waals surface area contributed by atoms with Gasteiger partial charge < -0.3 is 10.2 Å². The van der Waals surface area contributed by atoms with E-state index in [4.69, 9.17) is 0 Å². The molecule has 0 saturated carbocycles. The number of pyridine rings is 1. The topological polar surface area (TPSA) is 62.3 Å². The average molecular weight is 341 g/mol. The zero-order valence-corrected chi connectivity index (χ0v) is 14.0. The molecule has 1 fully saturated rings. The molecular weight excluding hydrogens is 321 g/mol. The number of carbonyl (C=O) groups is 2. The molecule has 130 valence electrons. The molecule has 2 heterocycles. The summed E-state index contributed by atoms with van der Waals surface area (Å²) in [4.78, 5) is 30.9. The van der Waals surface area contributed by atoms with Crippen LogP contribution in [-0.2, 0) is 0 Å². The predicted octanol–water partition coefficient (Wildman–Crippen LogP) is 3.35. The summed E-state index contributed by atoms with van der Waals surface area (Å²) in [6.07, 6.45) is 2.11. The van der Waals surface area contributed by atoms with Crippen LogP contribution in [0.3, 0.4) is 0 Å². The van der Waals surface area contributed by atoms with Gasteiger partial charge >= 0.3 is 0 Å². The third-order valence-electron chi connectivity index (χ3n) is 4.25. The van der Waals surface area contributed by atoms with Gasteiger partial charge in [0.1, 0.15) is 17.2 Å². The van der Waals surface area contributed by atoms with Crippen LogP contribution < -0.4 is 5.32 Å². The van der Waals surface area contributed by atoms with Crippen LogP contribution in [0, 0.1) is 11.7 Å². The van der Waals surface area contributed by atoms with Gasteiger partial charge in [-0.25, -0.2) is 9.37 Å². The Morgan fingerprint density at radius 1 is 1.16 bits per heavy atom. The van der Waals surface area contributed by atoms with E-state index in [9.17, 15) is 14.0 Å². The van der Waals surface area contributed by atoms with Gasteiger partial charge in [-0.2, -0.15) is 0 Å². The maximum atomic E-state index is 12.9. The first kappa shape index (κ1) is 17.1. The Morgan fingerprint density at radius 2 is 1.88 bits per heavy atom. The van der Waals surface area contributed by atoms with Crippen molar-refractivity contribution in [1.29, 1.82) is 0 Å². The normalized spacial score (nSPS) is 17.2. The summed E-state index contributed by atoms with van der Waals surface area (Å²) in [7, 11) is 0. The molecule has 2 aromatic rings. The summed E-state index contributed by atoms with van der Waals surface area (Å²) in [5, 5.41) is 2.65.